The van der Waals surface area contributed by atoms with E-state index in [1.165, 1.54) is 25.3 Å². The molecule has 18 heavy (non-hydrogen) atoms. The molecule has 3 heteroatoms. The van der Waals surface area contributed by atoms with Gasteiger partial charge in [0.05, 0.1) is 12.6 Å². The summed E-state index contributed by atoms with van der Waals surface area (Å²) in [5.74, 6) is 0.700. The van der Waals surface area contributed by atoms with E-state index >= 15 is 0 Å². The predicted molar refractivity (Wildman–Crippen MR) is 71.0 cm³/mol. The maximum Gasteiger partial charge on any atom is 0.128 e. The Labute approximate surface area is 109 Å². The summed E-state index contributed by atoms with van der Waals surface area (Å²) >= 11 is 0. The van der Waals surface area contributed by atoms with Gasteiger partial charge >= 0.3 is 0 Å². The SMILES string of the molecule is CNC(COCCC1CCC1)c1ccccc1F. The maximum absolute atomic E-state index is 13.6. The largest absolute Gasteiger partial charge is 0.379 e. The van der Waals surface area contributed by atoms with Crippen LogP contribution in [0.4, 0.5) is 4.39 Å². The molecule has 0 aliphatic heterocycles. The Hall–Kier alpha value is -0.930. The van der Waals surface area contributed by atoms with E-state index in [2.05, 4.69) is 5.32 Å². The quantitative estimate of drug-likeness (QED) is 0.751. The lowest BCUT2D eigenvalue weighted by atomic mass is 9.83. The van der Waals surface area contributed by atoms with Gasteiger partial charge in [0.2, 0.25) is 0 Å². The number of likely N-dealkylation sites (N-methyl/N-ethyl adjacent to an activating group) is 1. The van der Waals surface area contributed by atoms with Crippen molar-refractivity contribution in [2.75, 3.05) is 20.3 Å². The third-order valence-electron chi connectivity index (χ3n) is 3.81. The predicted octanol–water partition coefficient (Wildman–Crippen LogP) is 3.29. The molecule has 0 saturated heterocycles. The second-order valence-electron chi connectivity index (χ2n) is 5.02. The third kappa shape index (κ3) is 3.53. The fourth-order valence-electron chi connectivity index (χ4n) is 2.32. The number of hydrogen-bond donors (Lipinski definition) is 1. The van der Waals surface area contributed by atoms with Crippen molar-refractivity contribution in [1.29, 1.82) is 0 Å². The molecule has 0 bridgehead atoms. The Bertz CT molecular complexity index is 365. The van der Waals surface area contributed by atoms with Crippen LogP contribution in [0, 0.1) is 11.7 Å². The second kappa shape index (κ2) is 6.86. The van der Waals surface area contributed by atoms with E-state index in [0.29, 0.717) is 12.2 Å². The summed E-state index contributed by atoms with van der Waals surface area (Å²) < 4.78 is 19.3. The van der Waals surface area contributed by atoms with E-state index in [0.717, 1.165) is 18.9 Å². The van der Waals surface area contributed by atoms with Crippen molar-refractivity contribution in [2.24, 2.45) is 5.92 Å². The van der Waals surface area contributed by atoms with Crippen LogP contribution in [0.5, 0.6) is 0 Å². The number of benzene rings is 1. The van der Waals surface area contributed by atoms with Crippen LogP contribution in [0.2, 0.25) is 0 Å². The first-order valence-electron chi connectivity index (χ1n) is 6.80. The number of ether oxygens (including phenoxy) is 1. The smallest absolute Gasteiger partial charge is 0.128 e. The number of rotatable bonds is 7. The number of nitrogens with one attached hydrogen (secondary N) is 1. The van der Waals surface area contributed by atoms with E-state index in [1.807, 2.05) is 19.2 Å². The average molecular weight is 251 g/mol. The zero-order valence-corrected chi connectivity index (χ0v) is 11.0. The lowest BCUT2D eigenvalue weighted by molar-refractivity contribution is 0.0897. The molecule has 0 heterocycles. The van der Waals surface area contributed by atoms with E-state index in [1.54, 1.807) is 6.07 Å². The molecule has 1 unspecified atom stereocenters. The van der Waals surface area contributed by atoms with Gasteiger partial charge in [0, 0.05) is 12.2 Å². The van der Waals surface area contributed by atoms with Crippen molar-refractivity contribution >= 4 is 0 Å². The molecular formula is C15H22FNO. The minimum Gasteiger partial charge on any atom is -0.379 e. The van der Waals surface area contributed by atoms with Gasteiger partial charge in [-0.15, -0.1) is 0 Å². The first kappa shape index (κ1) is 13.5. The normalized spacial score (nSPS) is 17.4. The summed E-state index contributed by atoms with van der Waals surface area (Å²) in [6.45, 7) is 1.32. The van der Waals surface area contributed by atoms with Crippen molar-refractivity contribution in [2.45, 2.75) is 31.7 Å². The Morgan fingerprint density at radius 2 is 2.17 bits per heavy atom. The fourth-order valence-corrected chi connectivity index (χ4v) is 2.32. The van der Waals surface area contributed by atoms with Crippen LogP contribution in [0.1, 0.15) is 37.3 Å². The molecule has 0 amide bonds. The molecule has 1 aliphatic carbocycles. The molecule has 0 aromatic heterocycles. The van der Waals surface area contributed by atoms with Gasteiger partial charge in [0.25, 0.3) is 0 Å². The molecule has 1 aliphatic rings. The fraction of sp³-hybridized carbons (Fsp3) is 0.600. The van der Waals surface area contributed by atoms with Gasteiger partial charge in [-0.05, 0) is 25.5 Å². The monoisotopic (exact) mass is 251 g/mol. The summed E-state index contributed by atoms with van der Waals surface area (Å²) in [5.41, 5.74) is 0.684. The van der Waals surface area contributed by atoms with E-state index in [9.17, 15) is 4.39 Å². The van der Waals surface area contributed by atoms with Crippen LogP contribution < -0.4 is 5.32 Å². The summed E-state index contributed by atoms with van der Waals surface area (Å²) in [7, 11) is 1.84. The van der Waals surface area contributed by atoms with E-state index < -0.39 is 0 Å². The number of halogens is 1. The highest BCUT2D eigenvalue weighted by Crippen LogP contribution is 2.29. The van der Waals surface area contributed by atoms with E-state index in [-0.39, 0.29) is 11.9 Å². The minimum atomic E-state index is -0.167. The summed E-state index contributed by atoms with van der Waals surface area (Å²) in [6, 6.07) is 6.81. The van der Waals surface area contributed by atoms with Gasteiger partial charge < -0.3 is 10.1 Å². The maximum atomic E-state index is 13.6. The van der Waals surface area contributed by atoms with Crippen molar-refractivity contribution in [3.63, 3.8) is 0 Å². The van der Waals surface area contributed by atoms with Gasteiger partial charge in [0.1, 0.15) is 5.82 Å². The topological polar surface area (TPSA) is 21.3 Å². The van der Waals surface area contributed by atoms with Crippen LogP contribution in [0.25, 0.3) is 0 Å². The van der Waals surface area contributed by atoms with Crippen molar-refractivity contribution in [3.05, 3.63) is 35.6 Å². The van der Waals surface area contributed by atoms with Gasteiger partial charge in [-0.1, -0.05) is 37.5 Å². The highest BCUT2D eigenvalue weighted by Gasteiger charge is 2.17. The summed E-state index contributed by atoms with van der Waals surface area (Å²) in [6.07, 6.45) is 5.23. The Morgan fingerprint density at radius 3 is 2.78 bits per heavy atom. The van der Waals surface area contributed by atoms with Crippen molar-refractivity contribution < 1.29 is 9.13 Å². The molecule has 1 aromatic carbocycles. The van der Waals surface area contributed by atoms with Crippen LogP contribution in [-0.4, -0.2) is 20.3 Å². The van der Waals surface area contributed by atoms with Gasteiger partial charge in [0.15, 0.2) is 0 Å². The molecule has 1 fully saturated rings. The van der Waals surface area contributed by atoms with Crippen LogP contribution in [0.15, 0.2) is 24.3 Å². The zero-order chi connectivity index (χ0) is 12.8. The second-order valence-corrected chi connectivity index (χ2v) is 5.02. The summed E-state index contributed by atoms with van der Waals surface area (Å²) in [4.78, 5) is 0. The van der Waals surface area contributed by atoms with E-state index in [4.69, 9.17) is 4.74 Å². The molecule has 2 nitrogen and oxygen atoms in total. The van der Waals surface area contributed by atoms with Gasteiger partial charge in [-0.2, -0.15) is 0 Å². The molecule has 1 saturated carbocycles. The van der Waals surface area contributed by atoms with Gasteiger partial charge in [-0.3, -0.25) is 0 Å². The highest BCUT2D eigenvalue weighted by molar-refractivity contribution is 5.21. The minimum absolute atomic E-state index is 0.0624. The van der Waals surface area contributed by atoms with Crippen LogP contribution >= 0.6 is 0 Å². The highest BCUT2D eigenvalue weighted by atomic mass is 19.1. The van der Waals surface area contributed by atoms with Crippen molar-refractivity contribution in [3.8, 4) is 0 Å². The van der Waals surface area contributed by atoms with Crippen LogP contribution in [-0.2, 0) is 4.74 Å². The van der Waals surface area contributed by atoms with Gasteiger partial charge in [-0.25, -0.2) is 4.39 Å². The first-order chi connectivity index (χ1) is 8.81. The molecule has 1 atom stereocenters. The summed E-state index contributed by atoms with van der Waals surface area (Å²) in [5, 5.41) is 3.11. The Kier molecular flexibility index (Phi) is 5.14. The van der Waals surface area contributed by atoms with Crippen molar-refractivity contribution in [1.82, 2.24) is 5.32 Å². The lowest BCUT2D eigenvalue weighted by Crippen LogP contribution is -2.24. The average Bonchev–Trinajstić information content (AvgIpc) is 2.33. The lowest BCUT2D eigenvalue weighted by Gasteiger charge is -2.25. The molecule has 2 rings (SSSR count). The third-order valence-corrected chi connectivity index (χ3v) is 3.81. The Morgan fingerprint density at radius 1 is 1.39 bits per heavy atom. The zero-order valence-electron chi connectivity index (χ0n) is 11.0. The standard InChI is InChI=1S/C15H22FNO/c1-17-15(13-7-2-3-8-14(13)16)11-18-10-9-12-5-4-6-12/h2-3,7-8,12,15,17H,4-6,9-11H2,1H3. The molecule has 0 spiro atoms. The molecule has 100 valence electrons. The molecule has 1 N–H and O–H groups in total. The molecular weight excluding hydrogens is 229 g/mol. The Balaban J connectivity index is 1.76. The first-order valence-corrected chi connectivity index (χ1v) is 6.80. The molecule has 1 aromatic rings. The molecule has 0 radical (unpaired) electrons. The number of hydrogen-bond acceptors (Lipinski definition) is 2. The van der Waals surface area contributed by atoms with Crippen LogP contribution in [0.3, 0.4) is 0 Å².